The zero-order valence-electron chi connectivity index (χ0n) is 7.19. The maximum Gasteiger partial charge on any atom is 0.218 e. The average molecular weight is 205 g/mol. The molecule has 8 nitrogen and oxygen atoms in total. The molecule has 0 spiro atoms. The lowest BCUT2D eigenvalue weighted by atomic mass is 9.96. The summed E-state index contributed by atoms with van der Waals surface area (Å²) in [7, 11) is 0. The van der Waals surface area contributed by atoms with Crippen molar-refractivity contribution in [2.75, 3.05) is 13.2 Å². The van der Waals surface area contributed by atoms with Gasteiger partial charge in [0.2, 0.25) is 5.79 Å². The fourth-order valence-electron chi connectivity index (χ4n) is 1.20. The van der Waals surface area contributed by atoms with Crippen LogP contribution in [0.25, 0.3) is 10.4 Å². The maximum atomic E-state index is 9.39. The third-order valence-electron chi connectivity index (χ3n) is 2.11. The second-order valence-electron chi connectivity index (χ2n) is 3.02. The smallest absolute Gasteiger partial charge is 0.218 e. The van der Waals surface area contributed by atoms with Gasteiger partial charge >= 0.3 is 0 Å². The zero-order valence-corrected chi connectivity index (χ0v) is 7.19. The minimum absolute atomic E-state index is 0.265. The molecule has 1 heterocycles. The van der Waals surface area contributed by atoms with Crippen molar-refractivity contribution >= 4 is 0 Å². The first-order valence-corrected chi connectivity index (χ1v) is 3.92. The van der Waals surface area contributed by atoms with Crippen molar-refractivity contribution in [3.8, 4) is 0 Å². The highest BCUT2D eigenvalue weighted by molar-refractivity contribution is 4.94. The van der Waals surface area contributed by atoms with Crippen molar-refractivity contribution in [1.29, 1.82) is 0 Å². The molecule has 80 valence electrons. The van der Waals surface area contributed by atoms with Crippen molar-refractivity contribution in [2.24, 2.45) is 5.11 Å². The average Bonchev–Trinajstić information content (AvgIpc) is 2.19. The Morgan fingerprint density at radius 2 is 2.21 bits per heavy atom. The Labute approximate surface area is 79.0 Å². The number of azide groups is 1. The lowest BCUT2D eigenvalue weighted by molar-refractivity contribution is -0.315. The zero-order chi connectivity index (χ0) is 10.8. The van der Waals surface area contributed by atoms with Crippen LogP contribution in [0, 0.1) is 0 Å². The van der Waals surface area contributed by atoms with Crippen LogP contribution in [0.4, 0.5) is 0 Å². The molecule has 0 aliphatic carbocycles. The van der Waals surface area contributed by atoms with Crippen LogP contribution in [0.2, 0.25) is 0 Å². The Balaban J connectivity index is 2.78. The second-order valence-corrected chi connectivity index (χ2v) is 3.02. The van der Waals surface area contributed by atoms with E-state index in [1.807, 2.05) is 0 Å². The summed E-state index contributed by atoms with van der Waals surface area (Å²) in [6.45, 7) is -1.12. The summed E-state index contributed by atoms with van der Waals surface area (Å²) < 4.78 is 4.69. The van der Waals surface area contributed by atoms with Crippen LogP contribution in [-0.2, 0) is 4.74 Å². The highest BCUT2D eigenvalue weighted by Gasteiger charge is 2.48. The van der Waals surface area contributed by atoms with E-state index in [1.54, 1.807) is 0 Å². The molecule has 1 aliphatic heterocycles. The summed E-state index contributed by atoms with van der Waals surface area (Å²) in [5, 5.41) is 40.0. The van der Waals surface area contributed by atoms with E-state index in [0.29, 0.717) is 0 Å². The summed E-state index contributed by atoms with van der Waals surface area (Å²) in [4.78, 5) is 2.45. The summed E-state index contributed by atoms with van der Waals surface area (Å²) >= 11 is 0. The Morgan fingerprint density at radius 1 is 1.57 bits per heavy atom. The normalized spacial score (nSPS) is 43.0. The largest absolute Gasteiger partial charge is 0.391 e. The maximum absolute atomic E-state index is 9.39. The van der Waals surface area contributed by atoms with Gasteiger partial charge in [-0.1, -0.05) is 5.11 Å². The highest BCUT2D eigenvalue weighted by Crippen LogP contribution is 2.24. The SMILES string of the molecule is [N-]=[N+]=N[C@@H]1COC(O)(CO)[C@@H](O)[C@@H]1O. The first-order chi connectivity index (χ1) is 6.55. The van der Waals surface area contributed by atoms with Crippen LogP contribution in [0.1, 0.15) is 0 Å². The number of hydrogen-bond donors (Lipinski definition) is 4. The molecule has 0 aromatic rings. The van der Waals surface area contributed by atoms with Crippen molar-refractivity contribution in [3.63, 3.8) is 0 Å². The van der Waals surface area contributed by atoms with E-state index in [-0.39, 0.29) is 6.61 Å². The topological polar surface area (TPSA) is 139 Å². The summed E-state index contributed by atoms with van der Waals surface area (Å²) in [5.74, 6) is -2.19. The molecule has 4 N–H and O–H groups in total. The molecule has 1 saturated heterocycles. The molecular formula is C6H11N3O5. The number of hydrogen-bond acceptors (Lipinski definition) is 6. The Morgan fingerprint density at radius 3 is 2.71 bits per heavy atom. The Bertz CT molecular complexity index is 256. The van der Waals surface area contributed by atoms with Gasteiger partial charge < -0.3 is 25.2 Å². The number of nitrogens with zero attached hydrogens (tertiary/aromatic N) is 3. The lowest BCUT2D eigenvalue weighted by Crippen LogP contribution is -2.62. The minimum Gasteiger partial charge on any atom is -0.391 e. The van der Waals surface area contributed by atoms with E-state index >= 15 is 0 Å². The quantitative estimate of drug-likeness (QED) is 0.237. The number of aliphatic hydroxyl groups is 4. The van der Waals surface area contributed by atoms with Crippen LogP contribution < -0.4 is 0 Å². The Kier molecular flexibility index (Phi) is 3.27. The summed E-state index contributed by atoms with van der Waals surface area (Å²) in [6.07, 6.45) is -3.17. The van der Waals surface area contributed by atoms with Gasteiger partial charge in [0, 0.05) is 4.91 Å². The van der Waals surface area contributed by atoms with Crippen LogP contribution in [-0.4, -0.2) is 57.7 Å². The first-order valence-electron chi connectivity index (χ1n) is 3.92. The van der Waals surface area contributed by atoms with Crippen molar-refractivity contribution in [1.82, 2.24) is 0 Å². The van der Waals surface area contributed by atoms with Gasteiger partial charge in [-0.25, -0.2) is 0 Å². The minimum atomic E-state index is -2.19. The predicted molar refractivity (Wildman–Crippen MR) is 42.9 cm³/mol. The van der Waals surface area contributed by atoms with E-state index < -0.39 is 30.6 Å². The fourth-order valence-corrected chi connectivity index (χ4v) is 1.20. The molecule has 1 aliphatic rings. The van der Waals surface area contributed by atoms with Gasteiger partial charge in [0.25, 0.3) is 0 Å². The van der Waals surface area contributed by atoms with E-state index in [2.05, 4.69) is 10.0 Å². The van der Waals surface area contributed by atoms with E-state index in [4.69, 9.17) is 15.4 Å². The van der Waals surface area contributed by atoms with Gasteiger partial charge in [0.1, 0.15) is 6.10 Å². The van der Waals surface area contributed by atoms with Crippen LogP contribution in [0.3, 0.4) is 0 Å². The molecular weight excluding hydrogens is 194 g/mol. The van der Waals surface area contributed by atoms with Gasteiger partial charge in [0.05, 0.1) is 25.4 Å². The number of aliphatic hydroxyl groups excluding tert-OH is 3. The third kappa shape index (κ3) is 1.80. The predicted octanol–water partition coefficient (Wildman–Crippen LogP) is -1.90. The number of rotatable bonds is 2. The van der Waals surface area contributed by atoms with E-state index in [1.165, 1.54) is 0 Å². The lowest BCUT2D eigenvalue weighted by Gasteiger charge is -2.40. The molecule has 0 bridgehead atoms. The molecule has 1 unspecified atom stereocenters. The van der Waals surface area contributed by atoms with Gasteiger partial charge in [-0.2, -0.15) is 0 Å². The van der Waals surface area contributed by atoms with Gasteiger partial charge in [-0.3, -0.25) is 0 Å². The van der Waals surface area contributed by atoms with Crippen LogP contribution >= 0.6 is 0 Å². The summed E-state index contributed by atoms with van der Waals surface area (Å²) in [6, 6.07) is -0.971. The molecule has 8 heteroatoms. The molecule has 14 heavy (non-hydrogen) atoms. The second kappa shape index (κ2) is 4.09. The highest BCUT2D eigenvalue weighted by atomic mass is 16.7. The molecule has 0 saturated carbocycles. The van der Waals surface area contributed by atoms with Crippen molar-refractivity contribution in [3.05, 3.63) is 10.4 Å². The fraction of sp³-hybridized carbons (Fsp3) is 1.00. The third-order valence-corrected chi connectivity index (χ3v) is 2.11. The van der Waals surface area contributed by atoms with Gasteiger partial charge in [-0.15, -0.1) is 0 Å². The molecule has 0 amide bonds. The van der Waals surface area contributed by atoms with Crippen LogP contribution in [0.15, 0.2) is 5.11 Å². The molecule has 0 radical (unpaired) electrons. The van der Waals surface area contributed by atoms with Crippen LogP contribution in [0.5, 0.6) is 0 Å². The molecule has 1 fully saturated rings. The van der Waals surface area contributed by atoms with E-state index in [0.717, 1.165) is 0 Å². The molecule has 0 aromatic carbocycles. The van der Waals surface area contributed by atoms with Gasteiger partial charge in [-0.05, 0) is 5.53 Å². The number of ether oxygens (including phenoxy) is 1. The standard InChI is InChI=1S/C6H11N3O5/c7-9-8-3-1-14-6(13,2-10)5(12)4(3)11/h3-5,10-13H,1-2H2/t3-,4-,5+,6?/m1/s1. The Hall–Kier alpha value is -0.890. The van der Waals surface area contributed by atoms with Crippen molar-refractivity contribution in [2.45, 2.75) is 24.0 Å². The van der Waals surface area contributed by atoms with Gasteiger partial charge in [0.15, 0.2) is 0 Å². The molecule has 0 aromatic heterocycles. The molecule has 4 atom stereocenters. The van der Waals surface area contributed by atoms with Crippen molar-refractivity contribution < 1.29 is 25.2 Å². The summed E-state index contributed by atoms with van der Waals surface area (Å²) in [5.41, 5.74) is 8.11. The monoisotopic (exact) mass is 205 g/mol. The first kappa shape index (κ1) is 11.2. The van der Waals surface area contributed by atoms with E-state index in [9.17, 15) is 15.3 Å². The molecule has 1 rings (SSSR count).